The minimum Gasteiger partial charge on any atom is -0.616 e. The number of benzene rings is 3. The van der Waals surface area contributed by atoms with Gasteiger partial charge in [-0.15, -0.1) is 0 Å². The molecule has 0 fully saturated rings. The summed E-state index contributed by atoms with van der Waals surface area (Å²) in [7, 11) is 0. The van der Waals surface area contributed by atoms with E-state index >= 15 is 0 Å². The number of aryl methyl sites for hydroxylation is 2. The van der Waals surface area contributed by atoms with Crippen LogP contribution in [0.25, 0.3) is 0 Å². The van der Waals surface area contributed by atoms with Crippen molar-refractivity contribution in [1.29, 1.82) is 0 Å². The van der Waals surface area contributed by atoms with Crippen molar-refractivity contribution in [2.45, 2.75) is 13.8 Å². The molecule has 4 nitrogen and oxygen atoms in total. The summed E-state index contributed by atoms with van der Waals surface area (Å²) >= 11 is 0. The highest BCUT2D eigenvalue weighted by atomic mass is 16.5. The van der Waals surface area contributed by atoms with E-state index in [2.05, 4.69) is 0 Å². The number of carbonyl (C=O) groups excluding carboxylic acids is 1. The van der Waals surface area contributed by atoms with E-state index in [0.717, 1.165) is 11.1 Å². The van der Waals surface area contributed by atoms with Crippen molar-refractivity contribution in [3.63, 3.8) is 0 Å². The topological polar surface area (TPSA) is 49.4 Å². The summed E-state index contributed by atoms with van der Waals surface area (Å²) in [5.41, 5.74) is 3.49. The molecule has 0 spiro atoms. The molecule has 0 aromatic heterocycles. The first-order chi connectivity index (χ1) is 12.6. The first kappa shape index (κ1) is 17.9. The summed E-state index contributed by atoms with van der Waals surface area (Å²) in [6, 6.07) is 22.3. The van der Waals surface area contributed by atoms with Crippen molar-refractivity contribution in [2.75, 3.05) is 6.61 Å². The maximum absolute atomic E-state index is 14.2. The number of carbonyl (C=O) groups is 1. The number of quaternary nitrogens is 1. The smallest absolute Gasteiger partial charge is 0.157 e. The summed E-state index contributed by atoms with van der Waals surface area (Å²) in [6.07, 6.45) is 0.717. The van der Waals surface area contributed by atoms with Gasteiger partial charge < -0.3 is 9.94 Å². The van der Waals surface area contributed by atoms with E-state index in [0.29, 0.717) is 29.1 Å². The zero-order valence-electron chi connectivity index (χ0n) is 14.9. The van der Waals surface area contributed by atoms with Gasteiger partial charge in [0.05, 0.1) is 0 Å². The van der Waals surface area contributed by atoms with E-state index in [9.17, 15) is 10.0 Å². The molecule has 0 bridgehead atoms. The third-order valence-electron chi connectivity index (χ3n) is 4.34. The van der Waals surface area contributed by atoms with Crippen molar-refractivity contribution in [2.24, 2.45) is 0 Å². The highest BCUT2D eigenvalue weighted by molar-refractivity contribution is 5.73. The highest BCUT2D eigenvalue weighted by Crippen LogP contribution is 2.44. The molecule has 0 amide bonds. The average Bonchev–Trinajstić information content (AvgIpc) is 2.68. The summed E-state index contributed by atoms with van der Waals surface area (Å²) in [5.74, 6) is 0.647. The lowest BCUT2D eigenvalue weighted by molar-refractivity contribution is -0.109. The van der Waals surface area contributed by atoms with Crippen molar-refractivity contribution < 1.29 is 9.53 Å². The van der Waals surface area contributed by atoms with Gasteiger partial charge in [0.25, 0.3) is 0 Å². The molecule has 3 aromatic rings. The zero-order valence-corrected chi connectivity index (χ0v) is 14.9. The Morgan fingerprint density at radius 2 is 1.31 bits per heavy atom. The number of hydrogen-bond acceptors (Lipinski definition) is 3. The number of rotatable bonds is 6. The molecular formula is C22H21NO3. The second-order valence-electron chi connectivity index (χ2n) is 6.17. The van der Waals surface area contributed by atoms with Crippen LogP contribution in [-0.4, -0.2) is 12.9 Å². The Hall–Kier alpha value is -2.95. The summed E-state index contributed by atoms with van der Waals surface area (Å²) in [6.45, 7) is 3.77. The van der Waals surface area contributed by atoms with E-state index < -0.39 is 4.65 Å². The number of nitrogens with zero attached hydrogens (tertiary/aromatic N) is 1. The van der Waals surface area contributed by atoms with Crippen molar-refractivity contribution in [3.8, 4) is 5.75 Å². The molecule has 3 rings (SSSR count). The predicted molar refractivity (Wildman–Crippen MR) is 105 cm³/mol. The molecule has 0 N–H and O–H groups in total. The van der Waals surface area contributed by atoms with E-state index in [1.807, 2.05) is 86.6 Å². The Kier molecular flexibility index (Phi) is 5.16. The monoisotopic (exact) mass is 347 g/mol. The Bertz CT molecular complexity index is 829. The lowest BCUT2D eigenvalue weighted by Gasteiger charge is -2.41. The lowest BCUT2D eigenvalue weighted by atomic mass is 10.1. The number of para-hydroxylation sites is 2. The maximum Gasteiger partial charge on any atom is 0.157 e. The second kappa shape index (κ2) is 7.52. The predicted octanol–water partition coefficient (Wildman–Crippen LogP) is 5.35. The SMILES string of the molecule is Cc1cc([N+]([O-])(c2ccccc2)c2ccccc2)cc(C)c1OCC=O. The van der Waals surface area contributed by atoms with E-state index in [1.54, 1.807) is 0 Å². The fraction of sp³-hybridized carbons (Fsp3) is 0.136. The van der Waals surface area contributed by atoms with Gasteiger partial charge in [0, 0.05) is 36.4 Å². The molecule has 0 heterocycles. The van der Waals surface area contributed by atoms with Gasteiger partial charge >= 0.3 is 0 Å². The normalized spacial score (nSPS) is 11.2. The minimum absolute atomic E-state index is 0.00419. The average molecular weight is 347 g/mol. The Morgan fingerprint density at radius 3 is 1.73 bits per heavy atom. The van der Waals surface area contributed by atoms with Crippen LogP contribution in [0.1, 0.15) is 11.1 Å². The summed E-state index contributed by atoms with van der Waals surface area (Å²) in [4.78, 5) is 10.6. The van der Waals surface area contributed by atoms with Gasteiger partial charge in [-0.05, 0) is 25.0 Å². The van der Waals surface area contributed by atoms with Gasteiger partial charge in [-0.3, -0.25) is 9.44 Å². The van der Waals surface area contributed by atoms with Gasteiger partial charge in [-0.2, -0.15) is 0 Å². The maximum atomic E-state index is 14.2. The largest absolute Gasteiger partial charge is 0.616 e. The highest BCUT2D eigenvalue weighted by Gasteiger charge is 2.28. The van der Waals surface area contributed by atoms with Crippen molar-refractivity contribution >= 4 is 23.3 Å². The van der Waals surface area contributed by atoms with Crippen LogP contribution in [0, 0.1) is 19.1 Å². The molecule has 0 unspecified atom stereocenters. The molecule has 0 saturated carbocycles. The van der Waals surface area contributed by atoms with E-state index in [1.165, 1.54) is 0 Å². The van der Waals surface area contributed by atoms with Crippen LogP contribution in [0.2, 0.25) is 0 Å². The summed E-state index contributed by atoms with van der Waals surface area (Å²) < 4.78 is 4.82. The minimum atomic E-state index is -0.697. The summed E-state index contributed by atoms with van der Waals surface area (Å²) in [5, 5.41) is 14.2. The lowest BCUT2D eigenvalue weighted by Crippen LogP contribution is -2.31. The first-order valence-corrected chi connectivity index (χ1v) is 8.47. The Labute approximate surface area is 153 Å². The third kappa shape index (κ3) is 3.25. The van der Waals surface area contributed by atoms with E-state index in [4.69, 9.17) is 4.74 Å². The van der Waals surface area contributed by atoms with Crippen LogP contribution in [-0.2, 0) is 4.79 Å². The fourth-order valence-electron chi connectivity index (χ4n) is 3.18. The van der Waals surface area contributed by atoms with Gasteiger partial charge in [0.2, 0.25) is 0 Å². The third-order valence-corrected chi connectivity index (χ3v) is 4.34. The molecule has 0 atom stereocenters. The van der Waals surface area contributed by atoms with Gasteiger partial charge in [-0.25, -0.2) is 0 Å². The van der Waals surface area contributed by atoms with Crippen LogP contribution < -0.4 is 9.38 Å². The molecule has 0 aliphatic rings. The number of hydrogen-bond donors (Lipinski definition) is 0. The first-order valence-electron chi connectivity index (χ1n) is 8.47. The number of ether oxygens (including phenoxy) is 1. The van der Waals surface area contributed by atoms with E-state index in [-0.39, 0.29) is 6.61 Å². The molecule has 0 saturated heterocycles. The van der Waals surface area contributed by atoms with Gasteiger partial charge in [-0.1, -0.05) is 36.4 Å². The standard InChI is InChI=1S/C22H21NO3/c1-17-15-21(16-18(2)22(17)26-14-13-24)23(25,19-9-5-3-6-10-19)20-11-7-4-8-12-20/h3-13,15-16H,14H2,1-2H3. The van der Waals surface area contributed by atoms with Crippen LogP contribution in [0.4, 0.5) is 17.1 Å². The molecule has 0 radical (unpaired) electrons. The molecule has 4 heteroatoms. The molecule has 0 aliphatic carbocycles. The second-order valence-corrected chi connectivity index (χ2v) is 6.17. The molecule has 132 valence electrons. The van der Waals surface area contributed by atoms with Crippen LogP contribution in [0.5, 0.6) is 5.75 Å². The van der Waals surface area contributed by atoms with Crippen LogP contribution >= 0.6 is 0 Å². The molecular weight excluding hydrogens is 326 g/mol. The molecule has 26 heavy (non-hydrogen) atoms. The fourth-order valence-corrected chi connectivity index (χ4v) is 3.18. The van der Waals surface area contributed by atoms with Crippen LogP contribution in [0.3, 0.4) is 0 Å². The Morgan fingerprint density at radius 1 is 0.846 bits per heavy atom. The molecule has 3 aromatic carbocycles. The van der Waals surface area contributed by atoms with Gasteiger partial charge in [0.1, 0.15) is 29.4 Å². The number of aldehydes is 1. The quantitative estimate of drug-likeness (QED) is 0.343. The van der Waals surface area contributed by atoms with Gasteiger partial charge in [0.15, 0.2) is 6.29 Å². The Balaban J connectivity index is 2.19. The zero-order chi connectivity index (χ0) is 18.6. The van der Waals surface area contributed by atoms with Crippen LogP contribution in [0.15, 0.2) is 72.8 Å². The van der Waals surface area contributed by atoms with Crippen molar-refractivity contribution in [3.05, 3.63) is 89.1 Å². The van der Waals surface area contributed by atoms with Crippen molar-refractivity contribution in [1.82, 2.24) is 4.65 Å². The molecule has 0 aliphatic heterocycles.